The smallest absolute Gasteiger partial charge is 0.260 e. The average molecular weight is 241 g/mol. The summed E-state index contributed by atoms with van der Waals surface area (Å²) in [7, 11) is 0. The van der Waals surface area contributed by atoms with Crippen LogP contribution in [0.2, 0.25) is 5.02 Å². The zero-order chi connectivity index (χ0) is 10.7. The Hall–Kier alpha value is -0.970. The molecule has 0 amide bonds. The van der Waals surface area contributed by atoms with Crippen molar-refractivity contribution in [3.8, 4) is 0 Å². The van der Waals surface area contributed by atoms with Gasteiger partial charge in [-0.25, -0.2) is 4.98 Å². The van der Waals surface area contributed by atoms with Gasteiger partial charge in [0.15, 0.2) is 0 Å². The molecule has 1 aromatic carbocycles. The van der Waals surface area contributed by atoms with E-state index in [9.17, 15) is 0 Å². The van der Waals surface area contributed by atoms with Crippen LogP contribution in [0, 0.1) is 0 Å². The van der Waals surface area contributed by atoms with Gasteiger partial charge in [0.05, 0.1) is 6.20 Å². The first-order valence-electron chi connectivity index (χ1n) is 4.35. The van der Waals surface area contributed by atoms with Gasteiger partial charge < -0.3 is 10.2 Å². The lowest BCUT2D eigenvalue weighted by Gasteiger charge is -2.04. The van der Waals surface area contributed by atoms with Gasteiger partial charge in [-0.15, -0.1) is 0 Å². The Kier molecular flexibility index (Phi) is 3.30. The monoisotopic (exact) mass is 240 g/mol. The van der Waals surface area contributed by atoms with E-state index < -0.39 is 0 Å². The minimum absolute atomic E-state index is 0.448. The number of benzene rings is 1. The maximum Gasteiger partial charge on any atom is 0.260 e. The van der Waals surface area contributed by atoms with Crippen LogP contribution in [0.4, 0.5) is 0 Å². The number of hydrogen-bond acceptors (Lipinski definition) is 4. The number of nitrogens with zero attached hydrogens (tertiary/aromatic N) is 1. The fourth-order valence-electron chi connectivity index (χ4n) is 1.16. The van der Waals surface area contributed by atoms with E-state index in [2.05, 4.69) is 4.98 Å². The molecule has 0 radical (unpaired) electrons. The molecule has 78 valence electrons. The highest BCUT2D eigenvalue weighted by atomic mass is 35.5. The summed E-state index contributed by atoms with van der Waals surface area (Å²) in [6, 6.07) is 5.60. The number of nitrogens with two attached hydrogens (primary N) is 1. The van der Waals surface area contributed by atoms with E-state index in [1.165, 1.54) is 11.8 Å². The van der Waals surface area contributed by atoms with E-state index in [1.54, 1.807) is 12.5 Å². The molecule has 2 rings (SSSR count). The Morgan fingerprint density at radius 2 is 2.33 bits per heavy atom. The molecule has 0 aliphatic carbocycles. The summed E-state index contributed by atoms with van der Waals surface area (Å²) >= 11 is 7.31. The molecule has 0 bridgehead atoms. The summed E-state index contributed by atoms with van der Waals surface area (Å²) in [5.41, 5.74) is 6.62. The van der Waals surface area contributed by atoms with Crippen molar-refractivity contribution in [1.29, 1.82) is 0 Å². The highest BCUT2D eigenvalue weighted by molar-refractivity contribution is 7.99. The first-order chi connectivity index (χ1) is 7.29. The quantitative estimate of drug-likeness (QED) is 0.896. The lowest BCUT2D eigenvalue weighted by Crippen LogP contribution is -1.98. The maximum atomic E-state index is 5.87. The third kappa shape index (κ3) is 2.53. The van der Waals surface area contributed by atoms with Crippen LogP contribution in [0.3, 0.4) is 0 Å². The van der Waals surface area contributed by atoms with Crippen LogP contribution in [-0.2, 0) is 6.54 Å². The minimum Gasteiger partial charge on any atom is -0.440 e. The highest BCUT2D eigenvalue weighted by Crippen LogP contribution is 2.30. The van der Waals surface area contributed by atoms with Crippen LogP contribution in [0.1, 0.15) is 5.56 Å². The van der Waals surface area contributed by atoms with Gasteiger partial charge in [0.2, 0.25) is 0 Å². The van der Waals surface area contributed by atoms with Gasteiger partial charge in [-0.2, -0.15) is 0 Å². The minimum atomic E-state index is 0.448. The summed E-state index contributed by atoms with van der Waals surface area (Å²) in [6.07, 6.45) is 3.15. The van der Waals surface area contributed by atoms with Gasteiger partial charge in [0, 0.05) is 16.5 Å². The molecule has 3 nitrogen and oxygen atoms in total. The number of halogens is 1. The van der Waals surface area contributed by atoms with Crippen molar-refractivity contribution >= 4 is 23.4 Å². The van der Waals surface area contributed by atoms with Crippen molar-refractivity contribution in [2.24, 2.45) is 5.73 Å². The Balaban J connectivity index is 2.28. The number of oxazole rings is 1. The van der Waals surface area contributed by atoms with Crippen LogP contribution in [-0.4, -0.2) is 4.98 Å². The lowest BCUT2D eigenvalue weighted by atomic mass is 10.2. The zero-order valence-corrected chi connectivity index (χ0v) is 9.39. The fraction of sp³-hybridized carbons (Fsp3) is 0.100. The summed E-state index contributed by atoms with van der Waals surface area (Å²) in [4.78, 5) is 5.05. The first kappa shape index (κ1) is 10.5. The predicted molar refractivity (Wildman–Crippen MR) is 60.0 cm³/mol. The summed E-state index contributed by atoms with van der Waals surface area (Å²) < 4.78 is 5.15. The Labute approximate surface area is 96.6 Å². The topological polar surface area (TPSA) is 52.0 Å². The number of hydrogen-bond donors (Lipinski definition) is 1. The fourth-order valence-corrected chi connectivity index (χ4v) is 2.17. The Morgan fingerprint density at radius 1 is 1.47 bits per heavy atom. The second-order valence-electron chi connectivity index (χ2n) is 2.86. The van der Waals surface area contributed by atoms with E-state index in [0.717, 1.165) is 10.5 Å². The van der Waals surface area contributed by atoms with E-state index in [0.29, 0.717) is 16.8 Å². The molecule has 0 atom stereocenters. The second kappa shape index (κ2) is 4.70. The van der Waals surface area contributed by atoms with Crippen molar-refractivity contribution in [2.75, 3.05) is 0 Å². The van der Waals surface area contributed by atoms with Crippen molar-refractivity contribution in [2.45, 2.75) is 16.7 Å². The molecule has 5 heteroatoms. The lowest BCUT2D eigenvalue weighted by molar-refractivity contribution is 0.454. The molecule has 2 aromatic rings. The van der Waals surface area contributed by atoms with Crippen LogP contribution in [0.15, 0.2) is 45.2 Å². The third-order valence-electron chi connectivity index (χ3n) is 1.85. The Bertz CT molecular complexity index is 445. The van der Waals surface area contributed by atoms with E-state index in [4.69, 9.17) is 21.8 Å². The van der Waals surface area contributed by atoms with Crippen LogP contribution in [0.25, 0.3) is 0 Å². The van der Waals surface area contributed by atoms with Crippen molar-refractivity contribution in [3.63, 3.8) is 0 Å². The molecular weight excluding hydrogens is 232 g/mol. The molecule has 2 N–H and O–H groups in total. The molecule has 1 heterocycles. The molecule has 0 unspecified atom stereocenters. The van der Waals surface area contributed by atoms with Gasteiger partial charge >= 0.3 is 0 Å². The third-order valence-corrected chi connectivity index (χ3v) is 3.08. The van der Waals surface area contributed by atoms with Gasteiger partial charge in [-0.05, 0) is 35.5 Å². The van der Waals surface area contributed by atoms with Gasteiger partial charge in [0.1, 0.15) is 6.26 Å². The maximum absolute atomic E-state index is 5.87. The highest BCUT2D eigenvalue weighted by Gasteiger charge is 2.06. The van der Waals surface area contributed by atoms with Crippen LogP contribution >= 0.6 is 23.4 Å². The van der Waals surface area contributed by atoms with Crippen molar-refractivity contribution in [3.05, 3.63) is 41.2 Å². The van der Waals surface area contributed by atoms with E-state index >= 15 is 0 Å². The van der Waals surface area contributed by atoms with Crippen molar-refractivity contribution < 1.29 is 4.42 Å². The molecule has 0 saturated carbocycles. The van der Waals surface area contributed by atoms with Crippen LogP contribution in [0.5, 0.6) is 0 Å². The second-order valence-corrected chi connectivity index (χ2v) is 4.29. The molecule has 0 saturated heterocycles. The van der Waals surface area contributed by atoms with Gasteiger partial charge in [-0.1, -0.05) is 11.6 Å². The summed E-state index contributed by atoms with van der Waals surface area (Å²) in [6.45, 7) is 0.448. The van der Waals surface area contributed by atoms with Gasteiger partial charge in [0.25, 0.3) is 5.22 Å². The number of rotatable bonds is 3. The van der Waals surface area contributed by atoms with E-state index in [-0.39, 0.29) is 0 Å². The standard InChI is InChI=1S/C10H9ClN2OS/c11-8-1-2-9(7(5-8)6-12)15-10-13-3-4-14-10/h1-5H,6,12H2. The molecule has 15 heavy (non-hydrogen) atoms. The number of aromatic nitrogens is 1. The molecule has 0 aliphatic rings. The SMILES string of the molecule is NCc1cc(Cl)ccc1Sc1ncco1. The normalized spacial score (nSPS) is 10.5. The average Bonchev–Trinajstić information content (AvgIpc) is 2.73. The summed E-state index contributed by atoms with van der Waals surface area (Å²) in [5.74, 6) is 0. The Morgan fingerprint density at radius 3 is 3.00 bits per heavy atom. The van der Waals surface area contributed by atoms with E-state index in [1.807, 2.05) is 18.2 Å². The largest absolute Gasteiger partial charge is 0.440 e. The predicted octanol–water partition coefficient (Wildman–Crippen LogP) is 2.94. The molecule has 0 spiro atoms. The summed E-state index contributed by atoms with van der Waals surface area (Å²) in [5, 5.41) is 1.29. The molecule has 1 aromatic heterocycles. The zero-order valence-electron chi connectivity index (χ0n) is 7.81. The van der Waals surface area contributed by atoms with Crippen molar-refractivity contribution in [1.82, 2.24) is 4.98 Å². The molecular formula is C10H9ClN2OS. The molecule has 0 aliphatic heterocycles. The van der Waals surface area contributed by atoms with Gasteiger partial charge in [-0.3, -0.25) is 0 Å². The molecule has 0 fully saturated rings. The van der Waals surface area contributed by atoms with Crippen LogP contribution < -0.4 is 5.73 Å². The first-order valence-corrected chi connectivity index (χ1v) is 5.55.